The fourth-order valence-corrected chi connectivity index (χ4v) is 1.92. The maximum Gasteiger partial charge on any atom is 0.167 e. The molecule has 0 bridgehead atoms. The van der Waals surface area contributed by atoms with E-state index in [0.717, 1.165) is 5.56 Å². The fourth-order valence-electron chi connectivity index (χ4n) is 1.92. The topological polar surface area (TPSA) is 34.1 Å². The van der Waals surface area contributed by atoms with Crippen molar-refractivity contribution in [3.05, 3.63) is 71.3 Å². The van der Waals surface area contributed by atoms with Gasteiger partial charge in [0, 0.05) is 17.5 Å². The number of ketones is 2. The van der Waals surface area contributed by atoms with Gasteiger partial charge in [0.1, 0.15) is 0 Å². The van der Waals surface area contributed by atoms with Crippen LogP contribution < -0.4 is 0 Å². The molecule has 90 valence electrons. The number of rotatable bonds is 4. The molecule has 18 heavy (non-hydrogen) atoms. The van der Waals surface area contributed by atoms with Crippen LogP contribution in [-0.4, -0.2) is 11.6 Å². The van der Waals surface area contributed by atoms with Crippen LogP contribution in [-0.2, 0) is 6.42 Å². The largest absolute Gasteiger partial charge is 0.295 e. The van der Waals surface area contributed by atoms with E-state index < -0.39 is 0 Å². The van der Waals surface area contributed by atoms with Gasteiger partial charge >= 0.3 is 0 Å². The van der Waals surface area contributed by atoms with Crippen LogP contribution in [0.25, 0.3) is 0 Å². The number of hydrogen-bond donors (Lipinski definition) is 0. The van der Waals surface area contributed by atoms with E-state index >= 15 is 0 Å². The van der Waals surface area contributed by atoms with Crippen LogP contribution in [0.1, 0.15) is 33.2 Å². The van der Waals surface area contributed by atoms with E-state index in [4.69, 9.17) is 0 Å². The molecule has 0 spiro atoms. The van der Waals surface area contributed by atoms with Crippen molar-refractivity contribution in [1.82, 2.24) is 0 Å². The van der Waals surface area contributed by atoms with Crippen LogP contribution in [0.2, 0.25) is 0 Å². The van der Waals surface area contributed by atoms with Crippen molar-refractivity contribution >= 4 is 11.6 Å². The minimum atomic E-state index is -0.00791. The molecular formula is C16H14O2. The first-order valence-corrected chi connectivity index (χ1v) is 5.85. The van der Waals surface area contributed by atoms with Crippen LogP contribution in [0, 0.1) is 0 Å². The molecule has 0 saturated carbocycles. The van der Waals surface area contributed by atoms with E-state index in [1.165, 1.54) is 6.92 Å². The van der Waals surface area contributed by atoms with E-state index in [1.54, 1.807) is 18.2 Å². The Bertz CT molecular complexity index is 571. The monoisotopic (exact) mass is 238 g/mol. The second-order valence-electron chi connectivity index (χ2n) is 4.18. The minimum absolute atomic E-state index is 0.00791. The molecule has 0 heterocycles. The lowest BCUT2D eigenvalue weighted by Gasteiger charge is -2.06. The molecule has 0 radical (unpaired) electrons. The van der Waals surface area contributed by atoms with Crippen LogP contribution in [0.5, 0.6) is 0 Å². The Kier molecular flexibility index (Phi) is 3.68. The molecule has 0 aliphatic rings. The zero-order valence-corrected chi connectivity index (χ0v) is 10.2. The molecule has 0 unspecified atom stereocenters. The highest BCUT2D eigenvalue weighted by molar-refractivity contribution is 6.01. The van der Waals surface area contributed by atoms with E-state index in [9.17, 15) is 9.59 Å². The lowest BCUT2D eigenvalue weighted by molar-refractivity contribution is 0.0992. The molecule has 0 aliphatic heterocycles. The Morgan fingerprint density at radius 1 is 0.889 bits per heavy atom. The summed E-state index contributed by atoms with van der Waals surface area (Å²) in [4.78, 5) is 23.6. The highest BCUT2D eigenvalue weighted by atomic mass is 16.1. The maximum absolute atomic E-state index is 12.1. The molecule has 0 fully saturated rings. The summed E-state index contributed by atoms with van der Waals surface area (Å²) >= 11 is 0. The number of hydrogen-bond acceptors (Lipinski definition) is 2. The average molecular weight is 238 g/mol. The molecule has 0 amide bonds. The molecule has 0 atom stereocenters. The third kappa shape index (κ3) is 2.72. The first-order chi connectivity index (χ1) is 8.68. The summed E-state index contributed by atoms with van der Waals surface area (Å²) in [5.41, 5.74) is 2.09. The summed E-state index contributed by atoms with van der Waals surface area (Å²) in [6, 6.07) is 16.4. The lowest BCUT2D eigenvalue weighted by Crippen LogP contribution is -2.07. The van der Waals surface area contributed by atoms with Crippen LogP contribution >= 0.6 is 0 Å². The molecule has 2 rings (SSSR count). The van der Waals surface area contributed by atoms with Gasteiger partial charge in [0.05, 0.1) is 0 Å². The molecule has 2 aromatic rings. The number of benzene rings is 2. The van der Waals surface area contributed by atoms with Crippen molar-refractivity contribution in [1.29, 1.82) is 0 Å². The third-order valence-corrected chi connectivity index (χ3v) is 2.84. The normalized spacial score (nSPS) is 10.1. The van der Waals surface area contributed by atoms with Gasteiger partial charge in [-0.1, -0.05) is 54.6 Å². The summed E-state index contributed by atoms with van der Waals surface area (Å²) in [5.74, 6) is 0.0239. The van der Waals surface area contributed by atoms with E-state index in [-0.39, 0.29) is 18.0 Å². The van der Waals surface area contributed by atoms with Crippen molar-refractivity contribution in [2.24, 2.45) is 0 Å². The van der Waals surface area contributed by atoms with Crippen molar-refractivity contribution in [3.8, 4) is 0 Å². The fraction of sp³-hybridized carbons (Fsp3) is 0.125. The van der Waals surface area contributed by atoms with Gasteiger partial charge in [-0.25, -0.2) is 0 Å². The Morgan fingerprint density at radius 2 is 1.50 bits per heavy atom. The summed E-state index contributed by atoms with van der Waals surface area (Å²) in [7, 11) is 0. The van der Waals surface area contributed by atoms with Gasteiger partial charge in [-0.3, -0.25) is 9.59 Å². The zero-order chi connectivity index (χ0) is 13.0. The van der Waals surface area contributed by atoms with Gasteiger partial charge < -0.3 is 0 Å². The number of carbonyl (C=O) groups excluding carboxylic acids is 2. The maximum atomic E-state index is 12.1. The predicted molar refractivity (Wildman–Crippen MR) is 70.9 cm³/mol. The summed E-state index contributed by atoms with van der Waals surface area (Å²) in [6.07, 6.45) is 0.264. The average Bonchev–Trinajstić information content (AvgIpc) is 2.40. The van der Waals surface area contributed by atoms with Crippen molar-refractivity contribution < 1.29 is 9.59 Å². The van der Waals surface area contributed by atoms with Gasteiger partial charge in [0.25, 0.3) is 0 Å². The highest BCUT2D eigenvalue weighted by Gasteiger charge is 2.11. The Hall–Kier alpha value is -2.22. The predicted octanol–water partition coefficient (Wildman–Crippen LogP) is 3.31. The second kappa shape index (κ2) is 5.41. The van der Waals surface area contributed by atoms with Crippen molar-refractivity contribution in [3.63, 3.8) is 0 Å². The SMILES string of the molecule is CC(=O)c1ccccc1CC(=O)c1ccccc1. The van der Waals surface area contributed by atoms with E-state index in [0.29, 0.717) is 11.1 Å². The van der Waals surface area contributed by atoms with E-state index in [2.05, 4.69) is 0 Å². The standard InChI is InChI=1S/C16H14O2/c1-12(17)15-10-6-5-9-14(15)11-16(18)13-7-3-2-4-8-13/h2-10H,11H2,1H3. The molecule has 2 nitrogen and oxygen atoms in total. The number of Topliss-reactive ketones (excluding diaryl/α,β-unsaturated/α-hetero) is 2. The molecule has 0 aliphatic carbocycles. The van der Waals surface area contributed by atoms with Gasteiger partial charge in [-0.15, -0.1) is 0 Å². The first kappa shape index (κ1) is 12.2. The molecule has 2 heteroatoms. The van der Waals surface area contributed by atoms with Crippen LogP contribution in [0.4, 0.5) is 0 Å². The molecule has 0 N–H and O–H groups in total. The van der Waals surface area contributed by atoms with Crippen molar-refractivity contribution in [2.75, 3.05) is 0 Å². The van der Waals surface area contributed by atoms with Gasteiger partial charge in [-0.05, 0) is 12.5 Å². The lowest BCUT2D eigenvalue weighted by atomic mass is 9.97. The first-order valence-electron chi connectivity index (χ1n) is 5.85. The molecule has 0 saturated heterocycles. The summed E-state index contributed by atoms with van der Waals surface area (Å²) in [5, 5.41) is 0. The summed E-state index contributed by atoms with van der Waals surface area (Å²) < 4.78 is 0. The number of carbonyl (C=O) groups is 2. The molecule has 2 aromatic carbocycles. The van der Waals surface area contributed by atoms with Crippen molar-refractivity contribution in [2.45, 2.75) is 13.3 Å². The molecule has 0 aromatic heterocycles. The summed E-state index contributed by atoms with van der Waals surface area (Å²) in [6.45, 7) is 1.52. The Morgan fingerprint density at radius 3 is 2.17 bits per heavy atom. The van der Waals surface area contributed by atoms with E-state index in [1.807, 2.05) is 36.4 Å². The second-order valence-corrected chi connectivity index (χ2v) is 4.18. The van der Waals surface area contributed by atoms with Gasteiger partial charge in [0.15, 0.2) is 11.6 Å². The minimum Gasteiger partial charge on any atom is -0.295 e. The third-order valence-electron chi connectivity index (χ3n) is 2.84. The Labute approximate surface area is 106 Å². The highest BCUT2D eigenvalue weighted by Crippen LogP contribution is 2.13. The zero-order valence-electron chi connectivity index (χ0n) is 10.2. The van der Waals surface area contributed by atoms with Crippen LogP contribution in [0.15, 0.2) is 54.6 Å². The van der Waals surface area contributed by atoms with Crippen LogP contribution in [0.3, 0.4) is 0 Å². The quantitative estimate of drug-likeness (QED) is 0.766. The van der Waals surface area contributed by atoms with Gasteiger partial charge in [0.2, 0.25) is 0 Å². The molecular weight excluding hydrogens is 224 g/mol. The Balaban J connectivity index is 2.25. The smallest absolute Gasteiger partial charge is 0.167 e. The van der Waals surface area contributed by atoms with Gasteiger partial charge in [-0.2, -0.15) is 0 Å².